The van der Waals surface area contributed by atoms with Crippen LogP contribution in [0.1, 0.15) is 10.4 Å². The third-order valence-corrected chi connectivity index (χ3v) is 5.22. The molecule has 1 heterocycles. The topological polar surface area (TPSA) is 120 Å². The maximum absolute atomic E-state index is 12.6. The molecule has 29 heavy (non-hydrogen) atoms. The lowest BCUT2D eigenvalue weighted by atomic mass is 10.2. The zero-order valence-electron chi connectivity index (χ0n) is 15.6. The molecule has 9 nitrogen and oxygen atoms in total. The zero-order valence-corrected chi connectivity index (χ0v) is 16.4. The second-order valence-electron chi connectivity index (χ2n) is 5.70. The fraction of sp³-hybridized carbons (Fsp3) is 0.105. The number of ether oxygens (including phenoxy) is 2. The first-order valence-electron chi connectivity index (χ1n) is 8.37. The van der Waals surface area contributed by atoms with Crippen LogP contribution in [0.3, 0.4) is 0 Å². The summed E-state index contributed by atoms with van der Waals surface area (Å²) in [6.45, 7) is 0. The quantitative estimate of drug-likeness (QED) is 0.610. The molecule has 0 spiro atoms. The van der Waals surface area contributed by atoms with Crippen LogP contribution < -0.4 is 19.5 Å². The number of aromatic nitrogens is 2. The number of hydrogen-bond acceptors (Lipinski definition) is 7. The number of amides is 1. The summed E-state index contributed by atoms with van der Waals surface area (Å²) in [5.41, 5.74) is 0.792. The van der Waals surface area contributed by atoms with Crippen molar-refractivity contribution in [3.8, 4) is 11.6 Å². The van der Waals surface area contributed by atoms with Gasteiger partial charge in [-0.1, -0.05) is 12.1 Å². The van der Waals surface area contributed by atoms with E-state index in [9.17, 15) is 13.2 Å². The number of nitrogens with one attached hydrogen (secondary N) is 2. The van der Waals surface area contributed by atoms with E-state index in [0.717, 1.165) is 0 Å². The number of methoxy groups -OCH3 is 2. The second kappa shape index (κ2) is 8.57. The molecule has 1 amide bonds. The molecule has 0 aliphatic carbocycles. The van der Waals surface area contributed by atoms with Crippen LogP contribution in [-0.2, 0) is 10.0 Å². The van der Waals surface area contributed by atoms with Gasteiger partial charge in [0, 0.05) is 18.1 Å². The highest BCUT2D eigenvalue weighted by atomic mass is 32.2. The first-order valence-corrected chi connectivity index (χ1v) is 9.85. The third-order valence-electron chi connectivity index (χ3n) is 3.86. The maximum Gasteiger partial charge on any atom is 0.263 e. The fourth-order valence-electron chi connectivity index (χ4n) is 2.48. The fourth-order valence-corrected chi connectivity index (χ4v) is 3.49. The highest BCUT2D eigenvalue weighted by Gasteiger charge is 2.18. The molecule has 150 valence electrons. The van der Waals surface area contributed by atoms with Crippen molar-refractivity contribution in [2.45, 2.75) is 4.90 Å². The number of para-hydroxylation sites is 1. The Hall–Kier alpha value is -3.66. The minimum atomic E-state index is -3.92. The van der Waals surface area contributed by atoms with E-state index in [1.807, 2.05) is 0 Å². The van der Waals surface area contributed by atoms with Crippen molar-refractivity contribution < 1.29 is 22.7 Å². The number of nitrogens with zero attached hydrogens (tertiary/aromatic N) is 2. The number of sulfonamides is 1. The first-order chi connectivity index (χ1) is 13.9. The summed E-state index contributed by atoms with van der Waals surface area (Å²) in [7, 11) is -1.08. The monoisotopic (exact) mass is 414 g/mol. The summed E-state index contributed by atoms with van der Waals surface area (Å²) in [5, 5.41) is 2.70. The van der Waals surface area contributed by atoms with Crippen LogP contribution in [0.4, 0.5) is 11.5 Å². The summed E-state index contributed by atoms with van der Waals surface area (Å²) in [6.07, 6.45) is 2.73. The molecule has 3 rings (SSSR count). The second-order valence-corrected chi connectivity index (χ2v) is 7.38. The number of carbonyl (C=O) groups is 1. The van der Waals surface area contributed by atoms with Crippen molar-refractivity contribution in [1.82, 2.24) is 9.97 Å². The molecular weight excluding hydrogens is 396 g/mol. The predicted octanol–water partition coefficient (Wildman–Crippen LogP) is 2.55. The average molecular weight is 414 g/mol. The lowest BCUT2D eigenvalue weighted by molar-refractivity contribution is 0.102. The number of anilines is 2. The highest BCUT2D eigenvalue weighted by Crippen LogP contribution is 2.23. The summed E-state index contributed by atoms with van der Waals surface area (Å²) in [4.78, 5) is 20.2. The van der Waals surface area contributed by atoms with E-state index in [-0.39, 0.29) is 22.5 Å². The van der Waals surface area contributed by atoms with E-state index < -0.39 is 10.0 Å². The Kier molecular flexibility index (Phi) is 5.93. The number of carbonyl (C=O) groups excluding carboxylic acids is 1. The van der Waals surface area contributed by atoms with Crippen molar-refractivity contribution in [1.29, 1.82) is 0 Å². The lowest BCUT2D eigenvalue weighted by Crippen LogP contribution is -2.16. The molecule has 1 aromatic heterocycles. The SMILES string of the molecule is COc1ccccc1C(=O)Nc1ccc(S(=O)(=O)Nc2nccnc2OC)cc1. The van der Waals surface area contributed by atoms with E-state index in [0.29, 0.717) is 17.0 Å². The van der Waals surface area contributed by atoms with Gasteiger partial charge in [0.15, 0.2) is 0 Å². The lowest BCUT2D eigenvalue weighted by Gasteiger charge is -2.11. The van der Waals surface area contributed by atoms with Gasteiger partial charge in [-0.05, 0) is 36.4 Å². The number of rotatable bonds is 7. The van der Waals surface area contributed by atoms with Gasteiger partial charge in [-0.25, -0.2) is 18.4 Å². The summed E-state index contributed by atoms with van der Waals surface area (Å²) < 4.78 is 37.6. The molecule has 0 aliphatic rings. The highest BCUT2D eigenvalue weighted by molar-refractivity contribution is 7.92. The van der Waals surface area contributed by atoms with Crippen molar-refractivity contribution >= 4 is 27.4 Å². The van der Waals surface area contributed by atoms with E-state index >= 15 is 0 Å². The molecule has 0 saturated carbocycles. The molecule has 0 unspecified atom stereocenters. The molecule has 0 aliphatic heterocycles. The molecule has 3 aromatic rings. The van der Waals surface area contributed by atoms with Crippen molar-refractivity contribution in [2.75, 3.05) is 24.3 Å². The number of benzene rings is 2. The van der Waals surface area contributed by atoms with Crippen molar-refractivity contribution in [3.63, 3.8) is 0 Å². The van der Waals surface area contributed by atoms with Crippen LogP contribution in [0, 0.1) is 0 Å². The standard InChI is InChI=1S/C19H18N4O5S/c1-27-16-6-4-3-5-15(16)18(24)22-13-7-9-14(10-8-13)29(25,26)23-17-19(28-2)21-12-11-20-17/h3-12H,1-2H3,(H,20,23)(H,22,24). The maximum atomic E-state index is 12.6. The van der Waals surface area contributed by atoms with Crippen LogP contribution in [0.5, 0.6) is 11.6 Å². The summed E-state index contributed by atoms with van der Waals surface area (Å²) in [6, 6.07) is 12.5. The average Bonchev–Trinajstić information content (AvgIpc) is 2.74. The van der Waals surface area contributed by atoms with E-state index in [1.165, 1.54) is 50.9 Å². The summed E-state index contributed by atoms with van der Waals surface area (Å²) in [5.74, 6) is 0.0899. The number of hydrogen-bond donors (Lipinski definition) is 2. The molecule has 2 N–H and O–H groups in total. The van der Waals surface area contributed by atoms with Gasteiger partial charge >= 0.3 is 0 Å². The zero-order chi connectivity index (χ0) is 20.9. The Bertz CT molecular complexity index is 1120. The van der Waals surface area contributed by atoms with Crippen LogP contribution in [0.15, 0.2) is 65.8 Å². The Balaban J connectivity index is 1.76. The van der Waals surface area contributed by atoms with Crippen molar-refractivity contribution in [3.05, 3.63) is 66.5 Å². The third kappa shape index (κ3) is 4.61. The van der Waals surface area contributed by atoms with Gasteiger partial charge < -0.3 is 14.8 Å². The van der Waals surface area contributed by atoms with Gasteiger partial charge in [-0.2, -0.15) is 0 Å². The Morgan fingerprint density at radius 3 is 2.31 bits per heavy atom. The van der Waals surface area contributed by atoms with Gasteiger partial charge in [-0.15, -0.1) is 0 Å². The molecule has 0 saturated heterocycles. The molecule has 0 fully saturated rings. The van der Waals surface area contributed by atoms with E-state index in [1.54, 1.807) is 24.3 Å². The van der Waals surface area contributed by atoms with Gasteiger partial charge in [0.05, 0.1) is 24.7 Å². The molecule has 0 atom stereocenters. The van der Waals surface area contributed by atoms with Crippen LogP contribution in [0.2, 0.25) is 0 Å². The smallest absolute Gasteiger partial charge is 0.263 e. The van der Waals surface area contributed by atoms with Crippen molar-refractivity contribution in [2.24, 2.45) is 0 Å². The largest absolute Gasteiger partial charge is 0.496 e. The molecular formula is C19H18N4O5S. The molecule has 10 heteroatoms. The van der Waals surface area contributed by atoms with Gasteiger partial charge in [0.2, 0.25) is 5.82 Å². The molecule has 2 aromatic carbocycles. The Morgan fingerprint density at radius 1 is 0.931 bits per heavy atom. The van der Waals surface area contributed by atoms with E-state index in [4.69, 9.17) is 9.47 Å². The van der Waals surface area contributed by atoms with Crippen LogP contribution in [0.25, 0.3) is 0 Å². The minimum absolute atomic E-state index is 0.0134. The van der Waals surface area contributed by atoms with Gasteiger partial charge in [-0.3, -0.25) is 9.52 Å². The summed E-state index contributed by atoms with van der Waals surface area (Å²) >= 11 is 0. The van der Waals surface area contributed by atoms with Crippen LogP contribution >= 0.6 is 0 Å². The van der Waals surface area contributed by atoms with Crippen LogP contribution in [-0.4, -0.2) is 38.5 Å². The predicted molar refractivity (Wildman–Crippen MR) is 107 cm³/mol. The normalized spacial score (nSPS) is 10.8. The minimum Gasteiger partial charge on any atom is -0.496 e. The Labute approximate surface area is 167 Å². The first kappa shape index (κ1) is 20.1. The Morgan fingerprint density at radius 2 is 1.62 bits per heavy atom. The molecule has 0 bridgehead atoms. The van der Waals surface area contributed by atoms with Gasteiger partial charge in [0.25, 0.3) is 21.8 Å². The molecule has 0 radical (unpaired) electrons. The van der Waals surface area contributed by atoms with E-state index in [2.05, 4.69) is 20.0 Å². The van der Waals surface area contributed by atoms with Gasteiger partial charge in [0.1, 0.15) is 5.75 Å².